The molecule has 1 atom stereocenters. The van der Waals surface area contributed by atoms with Gasteiger partial charge in [0, 0.05) is 24.2 Å². The van der Waals surface area contributed by atoms with E-state index in [0.29, 0.717) is 12.1 Å². The fourth-order valence-electron chi connectivity index (χ4n) is 5.43. The maximum absolute atomic E-state index is 12.6. The van der Waals surface area contributed by atoms with Crippen molar-refractivity contribution in [3.63, 3.8) is 0 Å². The third kappa shape index (κ3) is 4.60. The van der Waals surface area contributed by atoms with Gasteiger partial charge >= 0.3 is 0 Å². The minimum absolute atomic E-state index is 0.135. The van der Waals surface area contributed by atoms with Crippen LogP contribution in [0.4, 0.5) is 0 Å². The van der Waals surface area contributed by atoms with E-state index in [1.54, 1.807) is 11.1 Å². The maximum atomic E-state index is 12.6. The second kappa shape index (κ2) is 8.16. The van der Waals surface area contributed by atoms with E-state index in [1.165, 1.54) is 45.3 Å². The van der Waals surface area contributed by atoms with Crippen LogP contribution in [0.2, 0.25) is 0 Å². The number of hydrogen-bond donors (Lipinski definition) is 1. The Kier molecular flexibility index (Phi) is 5.80. The Labute approximate surface area is 170 Å². The molecule has 1 aromatic carbocycles. The van der Waals surface area contributed by atoms with Crippen molar-refractivity contribution in [1.82, 2.24) is 15.1 Å². The number of amides is 1. The highest BCUT2D eigenvalue weighted by molar-refractivity contribution is 5.79. The van der Waals surface area contributed by atoms with Crippen LogP contribution >= 0.6 is 0 Å². The van der Waals surface area contributed by atoms with E-state index >= 15 is 0 Å². The summed E-state index contributed by atoms with van der Waals surface area (Å²) in [4.78, 5) is 18.0. The Hall–Kier alpha value is -1.39. The standard InChI is InChI=1S/C24H37N3O/c1-24(2,3)25-23(28)20-9-6-12-27(17-20)21-10-13-26(14-11-21)22-15-18-7-4-5-8-19(18)16-22/h4-5,7-8,20-22H,6,9-17H2,1-3H3,(H,25,28)/t20-/m1/s1. The van der Waals surface area contributed by atoms with Crippen LogP contribution in [0.15, 0.2) is 24.3 Å². The molecule has 0 bridgehead atoms. The van der Waals surface area contributed by atoms with Crippen LogP contribution in [0.25, 0.3) is 0 Å². The predicted octanol–water partition coefficient (Wildman–Crippen LogP) is 3.24. The molecule has 4 nitrogen and oxygen atoms in total. The summed E-state index contributed by atoms with van der Waals surface area (Å²) >= 11 is 0. The van der Waals surface area contributed by atoms with Crippen molar-refractivity contribution in [3.05, 3.63) is 35.4 Å². The van der Waals surface area contributed by atoms with Crippen LogP contribution in [0.1, 0.15) is 57.6 Å². The predicted molar refractivity (Wildman–Crippen MR) is 114 cm³/mol. The van der Waals surface area contributed by atoms with Gasteiger partial charge in [-0.15, -0.1) is 0 Å². The first kappa shape index (κ1) is 19.9. The quantitative estimate of drug-likeness (QED) is 0.870. The van der Waals surface area contributed by atoms with Crippen molar-refractivity contribution in [3.8, 4) is 0 Å². The molecule has 1 aromatic rings. The molecule has 0 unspecified atom stereocenters. The number of piperidine rings is 2. The summed E-state index contributed by atoms with van der Waals surface area (Å²) < 4.78 is 0. The molecule has 4 heteroatoms. The molecular formula is C24H37N3O. The van der Waals surface area contributed by atoms with Crippen molar-refractivity contribution in [1.29, 1.82) is 0 Å². The Morgan fingerprint density at radius 3 is 2.18 bits per heavy atom. The van der Waals surface area contributed by atoms with Crippen LogP contribution in [0.5, 0.6) is 0 Å². The lowest BCUT2D eigenvalue weighted by atomic mass is 9.92. The molecule has 154 valence electrons. The zero-order valence-corrected chi connectivity index (χ0v) is 17.9. The van der Waals surface area contributed by atoms with E-state index in [2.05, 4.69) is 60.2 Å². The lowest BCUT2D eigenvalue weighted by Crippen LogP contribution is -2.53. The number of benzene rings is 1. The zero-order valence-electron chi connectivity index (χ0n) is 17.9. The SMILES string of the molecule is CC(C)(C)NC(=O)[C@@H]1CCCN(C2CCN(C3Cc4ccccc4C3)CC2)C1. The van der Waals surface area contributed by atoms with Crippen molar-refractivity contribution < 1.29 is 4.79 Å². The number of hydrogen-bond acceptors (Lipinski definition) is 3. The van der Waals surface area contributed by atoms with Gasteiger partial charge in [0.1, 0.15) is 0 Å². The summed E-state index contributed by atoms with van der Waals surface area (Å²) in [5, 5.41) is 3.19. The zero-order chi connectivity index (χ0) is 19.7. The molecule has 2 heterocycles. The van der Waals surface area contributed by atoms with Crippen LogP contribution in [0.3, 0.4) is 0 Å². The van der Waals surface area contributed by atoms with Gasteiger partial charge in [-0.05, 0) is 90.1 Å². The lowest BCUT2D eigenvalue weighted by molar-refractivity contribution is -0.128. The van der Waals surface area contributed by atoms with Gasteiger partial charge in [0.25, 0.3) is 0 Å². The first-order valence-corrected chi connectivity index (χ1v) is 11.3. The number of fused-ring (bicyclic) bond motifs is 1. The summed E-state index contributed by atoms with van der Waals surface area (Å²) in [6.07, 6.45) is 7.14. The van der Waals surface area contributed by atoms with Gasteiger partial charge in [0.2, 0.25) is 5.91 Å². The number of nitrogens with zero attached hydrogens (tertiary/aromatic N) is 2. The molecule has 2 aliphatic heterocycles. The van der Waals surface area contributed by atoms with E-state index in [1.807, 2.05) is 0 Å². The van der Waals surface area contributed by atoms with Crippen molar-refractivity contribution in [2.75, 3.05) is 26.2 Å². The van der Waals surface area contributed by atoms with Crippen molar-refractivity contribution in [2.45, 2.75) is 76.9 Å². The first-order valence-electron chi connectivity index (χ1n) is 11.3. The van der Waals surface area contributed by atoms with Crippen LogP contribution in [-0.4, -0.2) is 59.5 Å². The number of carbonyl (C=O) groups is 1. The fraction of sp³-hybridized carbons (Fsp3) is 0.708. The highest BCUT2D eigenvalue weighted by Gasteiger charge is 2.35. The molecule has 0 saturated carbocycles. The second-order valence-electron chi connectivity index (χ2n) is 10.2. The third-order valence-corrected chi connectivity index (χ3v) is 6.88. The molecule has 3 aliphatic rings. The molecule has 0 aromatic heterocycles. The Morgan fingerprint density at radius 1 is 0.929 bits per heavy atom. The molecule has 0 spiro atoms. The largest absolute Gasteiger partial charge is 0.351 e. The summed E-state index contributed by atoms with van der Waals surface area (Å²) in [7, 11) is 0. The minimum Gasteiger partial charge on any atom is -0.351 e. The highest BCUT2D eigenvalue weighted by Crippen LogP contribution is 2.29. The van der Waals surface area contributed by atoms with Gasteiger partial charge in [0.05, 0.1) is 5.92 Å². The summed E-state index contributed by atoms with van der Waals surface area (Å²) in [6, 6.07) is 10.3. The first-order chi connectivity index (χ1) is 13.4. The Morgan fingerprint density at radius 2 is 1.57 bits per heavy atom. The van der Waals surface area contributed by atoms with Crippen LogP contribution in [0, 0.1) is 5.92 Å². The number of carbonyl (C=O) groups excluding carboxylic acids is 1. The molecule has 1 N–H and O–H groups in total. The van der Waals surface area contributed by atoms with Gasteiger partial charge in [-0.25, -0.2) is 0 Å². The normalized spacial score (nSPS) is 25.6. The van der Waals surface area contributed by atoms with Gasteiger partial charge in [-0.1, -0.05) is 24.3 Å². The van der Waals surface area contributed by atoms with Crippen LogP contribution < -0.4 is 5.32 Å². The van der Waals surface area contributed by atoms with Gasteiger partial charge in [0.15, 0.2) is 0 Å². The van der Waals surface area contributed by atoms with Gasteiger partial charge in [-0.3, -0.25) is 14.6 Å². The Bertz CT molecular complexity index is 662. The summed E-state index contributed by atoms with van der Waals surface area (Å²) in [6.45, 7) is 10.7. The van der Waals surface area contributed by atoms with Crippen molar-refractivity contribution in [2.24, 2.45) is 5.92 Å². The minimum atomic E-state index is -0.135. The maximum Gasteiger partial charge on any atom is 0.224 e. The number of nitrogens with one attached hydrogen (secondary N) is 1. The van der Waals surface area contributed by atoms with E-state index in [9.17, 15) is 4.79 Å². The van der Waals surface area contributed by atoms with Crippen molar-refractivity contribution >= 4 is 5.91 Å². The number of likely N-dealkylation sites (tertiary alicyclic amines) is 2. The van der Waals surface area contributed by atoms with E-state index in [-0.39, 0.29) is 17.4 Å². The third-order valence-electron chi connectivity index (χ3n) is 6.88. The molecule has 1 aliphatic carbocycles. The average molecular weight is 384 g/mol. The molecular weight excluding hydrogens is 346 g/mol. The van der Waals surface area contributed by atoms with Crippen LogP contribution in [-0.2, 0) is 17.6 Å². The lowest BCUT2D eigenvalue weighted by Gasteiger charge is -2.43. The second-order valence-corrected chi connectivity index (χ2v) is 10.2. The molecule has 28 heavy (non-hydrogen) atoms. The topological polar surface area (TPSA) is 35.6 Å². The van der Waals surface area contributed by atoms with Gasteiger partial charge < -0.3 is 5.32 Å². The molecule has 4 rings (SSSR count). The molecule has 2 fully saturated rings. The fourth-order valence-corrected chi connectivity index (χ4v) is 5.43. The Balaban J connectivity index is 1.27. The molecule has 2 saturated heterocycles. The van der Waals surface area contributed by atoms with Gasteiger partial charge in [-0.2, -0.15) is 0 Å². The van der Waals surface area contributed by atoms with E-state index in [0.717, 1.165) is 19.4 Å². The summed E-state index contributed by atoms with van der Waals surface area (Å²) in [5.74, 6) is 0.411. The number of rotatable bonds is 3. The monoisotopic (exact) mass is 383 g/mol. The average Bonchev–Trinajstić information content (AvgIpc) is 3.11. The molecule has 1 amide bonds. The van der Waals surface area contributed by atoms with E-state index in [4.69, 9.17) is 0 Å². The smallest absolute Gasteiger partial charge is 0.224 e. The molecule has 0 radical (unpaired) electrons. The highest BCUT2D eigenvalue weighted by atomic mass is 16.2. The summed E-state index contributed by atoms with van der Waals surface area (Å²) in [5.41, 5.74) is 2.97. The van der Waals surface area contributed by atoms with E-state index < -0.39 is 0 Å².